The van der Waals surface area contributed by atoms with Crippen LogP contribution in [-0.2, 0) is 11.2 Å². The summed E-state index contributed by atoms with van der Waals surface area (Å²) in [5.74, 6) is 1.46. The lowest BCUT2D eigenvalue weighted by molar-refractivity contribution is -0.141. The van der Waals surface area contributed by atoms with E-state index >= 15 is 0 Å². The van der Waals surface area contributed by atoms with Crippen LogP contribution in [0.15, 0.2) is 24.3 Å². The van der Waals surface area contributed by atoms with Crippen molar-refractivity contribution in [3.8, 4) is 18.1 Å². The van der Waals surface area contributed by atoms with Crippen LogP contribution in [-0.4, -0.2) is 23.7 Å². The first-order chi connectivity index (χ1) is 7.53. The lowest BCUT2D eigenvalue weighted by atomic mass is 9.92. The Kier molecular flexibility index (Phi) is 3.54. The van der Waals surface area contributed by atoms with Crippen molar-refractivity contribution in [2.75, 3.05) is 7.11 Å². The van der Waals surface area contributed by atoms with Gasteiger partial charge in [-0.2, -0.15) is 0 Å². The van der Waals surface area contributed by atoms with E-state index in [-0.39, 0.29) is 6.42 Å². The van der Waals surface area contributed by atoms with Crippen molar-refractivity contribution in [1.82, 2.24) is 0 Å². The van der Waals surface area contributed by atoms with Crippen molar-refractivity contribution < 1.29 is 14.6 Å². The van der Waals surface area contributed by atoms with Crippen LogP contribution < -0.4 is 10.5 Å². The van der Waals surface area contributed by atoms with Gasteiger partial charge in [0.2, 0.25) is 0 Å². The molecule has 0 fully saturated rings. The molecule has 0 aromatic heterocycles. The predicted octanol–water partition coefficient (Wildman–Crippen LogP) is 0.653. The summed E-state index contributed by atoms with van der Waals surface area (Å²) in [5.41, 5.74) is 4.58. The van der Waals surface area contributed by atoms with Crippen LogP contribution in [0.4, 0.5) is 0 Å². The maximum Gasteiger partial charge on any atom is 0.336 e. The highest BCUT2D eigenvalue weighted by Crippen LogP contribution is 2.21. The highest BCUT2D eigenvalue weighted by molar-refractivity contribution is 5.83. The molecule has 1 rings (SSSR count). The van der Waals surface area contributed by atoms with Crippen LogP contribution in [0.1, 0.15) is 5.56 Å². The van der Waals surface area contributed by atoms with Crippen LogP contribution in [0.5, 0.6) is 5.75 Å². The Morgan fingerprint density at radius 1 is 1.62 bits per heavy atom. The van der Waals surface area contributed by atoms with Gasteiger partial charge < -0.3 is 15.6 Å². The Morgan fingerprint density at radius 2 is 2.25 bits per heavy atom. The molecule has 0 radical (unpaired) electrons. The Balaban J connectivity index is 3.04. The van der Waals surface area contributed by atoms with Crippen molar-refractivity contribution in [2.45, 2.75) is 12.0 Å². The van der Waals surface area contributed by atoms with E-state index in [0.717, 1.165) is 0 Å². The monoisotopic (exact) mass is 219 g/mol. The zero-order valence-corrected chi connectivity index (χ0v) is 8.93. The first-order valence-electron chi connectivity index (χ1n) is 4.65. The third kappa shape index (κ3) is 2.33. The summed E-state index contributed by atoms with van der Waals surface area (Å²) in [5, 5.41) is 8.95. The van der Waals surface area contributed by atoms with E-state index in [1.165, 1.54) is 7.11 Å². The Bertz CT molecular complexity index is 436. The van der Waals surface area contributed by atoms with E-state index < -0.39 is 11.5 Å². The fourth-order valence-corrected chi connectivity index (χ4v) is 1.34. The molecule has 3 N–H and O–H groups in total. The normalized spacial score (nSPS) is 13.6. The molecule has 0 spiro atoms. The second-order valence-corrected chi connectivity index (χ2v) is 3.41. The SMILES string of the molecule is C#CC(N)(Cc1ccccc1OC)C(=O)O. The van der Waals surface area contributed by atoms with E-state index in [2.05, 4.69) is 5.92 Å². The Hall–Kier alpha value is -1.99. The standard InChI is InChI=1S/C12H13NO3/c1-3-12(13,11(14)15)8-9-6-4-5-7-10(9)16-2/h1,4-7H,8,13H2,2H3,(H,14,15). The van der Waals surface area contributed by atoms with Crippen molar-refractivity contribution in [3.63, 3.8) is 0 Å². The molecule has 4 heteroatoms. The number of benzene rings is 1. The molecule has 1 atom stereocenters. The molecule has 0 aliphatic rings. The van der Waals surface area contributed by atoms with Gasteiger partial charge in [-0.15, -0.1) is 6.42 Å². The largest absolute Gasteiger partial charge is 0.496 e. The third-order valence-corrected chi connectivity index (χ3v) is 2.30. The number of rotatable bonds is 4. The van der Waals surface area contributed by atoms with Gasteiger partial charge in [-0.05, 0) is 11.6 Å². The minimum atomic E-state index is -1.70. The second kappa shape index (κ2) is 4.69. The Morgan fingerprint density at radius 3 is 2.75 bits per heavy atom. The summed E-state index contributed by atoms with van der Waals surface area (Å²) in [4.78, 5) is 10.9. The molecule has 84 valence electrons. The molecule has 0 heterocycles. The average Bonchev–Trinajstić information content (AvgIpc) is 2.29. The van der Waals surface area contributed by atoms with Crippen LogP contribution >= 0.6 is 0 Å². The number of ether oxygens (including phenoxy) is 1. The van der Waals surface area contributed by atoms with Crippen molar-refractivity contribution in [3.05, 3.63) is 29.8 Å². The summed E-state index contributed by atoms with van der Waals surface area (Å²) in [6.07, 6.45) is 5.18. The van der Waals surface area contributed by atoms with Gasteiger partial charge in [0.15, 0.2) is 5.54 Å². The fraction of sp³-hybridized carbons (Fsp3) is 0.250. The quantitative estimate of drug-likeness (QED) is 0.729. The minimum Gasteiger partial charge on any atom is -0.496 e. The number of carboxylic acids is 1. The third-order valence-electron chi connectivity index (χ3n) is 2.30. The zero-order chi connectivity index (χ0) is 12.2. The van der Waals surface area contributed by atoms with Crippen LogP contribution in [0.3, 0.4) is 0 Å². The molecule has 0 saturated carbocycles. The highest BCUT2D eigenvalue weighted by Gasteiger charge is 2.32. The van der Waals surface area contributed by atoms with Crippen molar-refractivity contribution in [2.24, 2.45) is 5.73 Å². The van der Waals surface area contributed by atoms with Crippen LogP contribution in [0, 0.1) is 12.3 Å². The number of carbonyl (C=O) groups is 1. The molecule has 1 aromatic rings. The number of para-hydroxylation sites is 1. The molecule has 0 bridgehead atoms. The van der Waals surface area contributed by atoms with Gasteiger partial charge in [0.05, 0.1) is 7.11 Å². The van der Waals surface area contributed by atoms with Crippen molar-refractivity contribution >= 4 is 5.97 Å². The van der Waals surface area contributed by atoms with Gasteiger partial charge in [-0.25, -0.2) is 4.79 Å². The van der Waals surface area contributed by atoms with Crippen LogP contribution in [0.25, 0.3) is 0 Å². The molecule has 0 amide bonds. The minimum absolute atomic E-state index is 0.0306. The molecule has 1 unspecified atom stereocenters. The summed E-state index contributed by atoms with van der Waals surface area (Å²) in [6.45, 7) is 0. The molecule has 0 aliphatic heterocycles. The molecule has 4 nitrogen and oxygen atoms in total. The predicted molar refractivity (Wildman–Crippen MR) is 60.1 cm³/mol. The molecular formula is C12H13NO3. The lowest BCUT2D eigenvalue weighted by Crippen LogP contribution is -2.48. The van der Waals surface area contributed by atoms with E-state index in [1.54, 1.807) is 24.3 Å². The topological polar surface area (TPSA) is 72.5 Å². The lowest BCUT2D eigenvalue weighted by Gasteiger charge is -2.19. The molecule has 0 saturated heterocycles. The second-order valence-electron chi connectivity index (χ2n) is 3.41. The molecule has 1 aromatic carbocycles. The summed E-state index contributed by atoms with van der Waals surface area (Å²) in [6, 6.07) is 7.03. The number of methoxy groups -OCH3 is 1. The number of hydrogen-bond acceptors (Lipinski definition) is 3. The molecule has 0 aliphatic carbocycles. The van der Waals surface area contributed by atoms with Gasteiger partial charge in [-0.1, -0.05) is 24.1 Å². The van der Waals surface area contributed by atoms with Gasteiger partial charge in [0.25, 0.3) is 0 Å². The number of nitrogens with two attached hydrogens (primary N) is 1. The molecular weight excluding hydrogens is 206 g/mol. The number of terminal acetylenes is 1. The number of hydrogen-bond donors (Lipinski definition) is 2. The van der Waals surface area contributed by atoms with E-state index in [0.29, 0.717) is 11.3 Å². The van der Waals surface area contributed by atoms with Gasteiger partial charge >= 0.3 is 5.97 Å². The van der Waals surface area contributed by atoms with Crippen LogP contribution in [0.2, 0.25) is 0 Å². The zero-order valence-electron chi connectivity index (χ0n) is 8.93. The van der Waals surface area contributed by atoms with E-state index in [9.17, 15) is 4.79 Å². The highest BCUT2D eigenvalue weighted by atomic mass is 16.5. The van der Waals surface area contributed by atoms with E-state index in [1.807, 2.05) is 0 Å². The summed E-state index contributed by atoms with van der Waals surface area (Å²) in [7, 11) is 1.51. The fourth-order valence-electron chi connectivity index (χ4n) is 1.34. The Labute approximate surface area is 94.0 Å². The number of carboxylic acid groups (broad SMARTS) is 1. The smallest absolute Gasteiger partial charge is 0.336 e. The first-order valence-corrected chi connectivity index (χ1v) is 4.65. The van der Waals surface area contributed by atoms with Crippen molar-refractivity contribution in [1.29, 1.82) is 0 Å². The average molecular weight is 219 g/mol. The molecule has 16 heavy (non-hydrogen) atoms. The first kappa shape index (κ1) is 12.1. The van der Waals surface area contributed by atoms with Gasteiger partial charge in [-0.3, -0.25) is 0 Å². The number of aliphatic carboxylic acids is 1. The van der Waals surface area contributed by atoms with Gasteiger partial charge in [0, 0.05) is 6.42 Å². The maximum atomic E-state index is 10.9. The van der Waals surface area contributed by atoms with Gasteiger partial charge in [0.1, 0.15) is 5.75 Å². The maximum absolute atomic E-state index is 10.9. The summed E-state index contributed by atoms with van der Waals surface area (Å²) < 4.78 is 5.10. The van der Waals surface area contributed by atoms with E-state index in [4.69, 9.17) is 22.0 Å². The summed E-state index contributed by atoms with van der Waals surface area (Å²) >= 11 is 0.